The number of hydrogen-bond donors (Lipinski definition) is 1. The molecule has 6 nitrogen and oxygen atoms in total. The molecule has 0 spiro atoms. The normalized spacial score (nSPS) is 11.6. The minimum Gasteiger partial charge on any atom is -0.392 e. The van der Waals surface area contributed by atoms with E-state index in [0.29, 0.717) is 6.42 Å². The Balaban J connectivity index is 2.77. The molecule has 0 aromatic carbocycles. The Morgan fingerprint density at radius 2 is 2.19 bits per heavy atom. The summed E-state index contributed by atoms with van der Waals surface area (Å²) in [6.07, 6.45) is 2.73. The Labute approximate surface area is 98.0 Å². The minimum absolute atomic E-state index is 0.0158. The van der Waals surface area contributed by atoms with E-state index in [1.54, 1.807) is 0 Å². The summed E-state index contributed by atoms with van der Waals surface area (Å²) in [5.41, 5.74) is 4.82. The molecule has 0 aliphatic carbocycles. The minimum atomic E-state index is -3.02. The number of anilines is 1. The van der Waals surface area contributed by atoms with Gasteiger partial charge in [0.15, 0.2) is 5.15 Å². The summed E-state index contributed by atoms with van der Waals surface area (Å²) < 4.78 is 23.0. The molecule has 0 saturated carbocycles. The summed E-state index contributed by atoms with van der Waals surface area (Å²) in [5, 5.41) is -0.0376. The fraction of sp³-hybridized carbons (Fsp3) is 0.500. The lowest BCUT2D eigenvalue weighted by Crippen LogP contribution is -2.24. The van der Waals surface area contributed by atoms with Crippen LogP contribution >= 0.6 is 11.6 Å². The molecule has 0 aliphatic heterocycles. The second kappa shape index (κ2) is 4.84. The van der Waals surface area contributed by atoms with Crippen molar-refractivity contribution in [3.63, 3.8) is 0 Å². The largest absolute Gasteiger partial charge is 0.392 e. The summed E-state index contributed by atoms with van der Waals surface area (Å²) in [6, 6.07) is 0. The maximum absolute atomic E-state index is 11.5. The third-order valence-corrected chi connectivity index (χ3v) is 3.27. The number of hydrogen-bond acceptors (Lipinski definition) is 5. The van der Waals surface area contributed by atoms with Crippen molar-refractivity contribution in [2.24, 2.45) is 0 Å². The lowest BCUT2D eigenvalue weighted by molar-refractivity contribution is 0.587. The molecule has 0 saturated heterocycles. The number of rotatable bonds is 4. The highest BCUT2D eigenvalue weighted by Gasteiger charge is 2.07. The van der Waals surface area contributed by atoms with Crippen molar-refractivity contribution in [1.29, 1.82) is 0 Å². The van der Waals surface area contributed by atoms with Crippen LogP contribution < -0.4 is 11.3 Å². The van der Waals surface area contributed by atoms with E-state index in [2.05, 4.69) is 4.98 Å². The van der Waals surface area contributed by atoms with E-state index >= 15 is 0 Å². The molecule has 0 radical (unpaired) electrons. The van der Waals surface area contributed by atoms with E-state index in [1.165, 1.54) is 10.9 Å². The van der Waals surface area contributed by atoms with Crippen LogP contribution in [0.1, 0.15) is 6.42 Å². The molecule has 8 heteroatoms. The molecule has 0 unspecified atom stereocenters. The van der Waals surface area contributed by atoms with E-state index in [0.717, 1.165) is 6.26 Å². The molecule has 0 atom stereocenters. The predicted octanol–water partition coefficient (Wildman–Crippen LogP) is -0.0864. The van der Waals surface area contributed by atoms with Gasteiger partial charge in [0.05, 0.1) is 12.1 Å². The molecule has 2 N–H and O–H groups in total. The Morgan fingerprint density at radius 3 is 2.75 bits per heavy atom. The van der Waals surface area contributed by atoms with Crippen molar-refractivity contribution in [1.82, 2.24) is 9.55 Å². The standard InChI is InChI=1S/C8H12ClN3O3S/c1-16(14,15)4-2-3-12-5-11-7(9)6(10)8(12)13/h5H,2-4,10H2,1H3. The van der Waals surface area contributed by atoms with E-state index in [4.69, 9.17) is 17.3 Å². The van der Waals surface area contributed by atoms with Crippen LogP contribution in [-0.2, 0) is 16.4 Å². The van der Waals surface area contributed by atoms with Crippen molar-refractivity contribution in [2.45, 2.75) is 13.0 Å². The zero-order valence-electron chi connectivity index (χ0n) is 8.68. The summed E-state index contributed by atoms with van der Waals surface area (Å²) in [6.45, 7) is 0.250. The van der Waals surface area contributed by atoms with E-state index in [-0.39, 0.29) is 23.1 Å². The van der Waals surface area contributed by atoms with Crippen LogP contribution in [0.5, 0.6) is 0 Å². The van der Waals surface area contributed by atoms with Crippen molar-refractivity contribution < 1.29 is 8.42 Å². The molecule has 16 heavy (non-hydrogen) atoms. The fourth-order valence-electron chi connectivity index (χ4n) is 1.14. The first kappa shape index (κ1) is 13.0. The van der Waals surface area contributed by atoms with Crippen LogP contribution in [0.3, 0.4) is 0 Å². The zero-order chi connectivity index (χ0) is 12.3. The summed E-state index contributed by atoms with van der Waals surface area (Å²) in [7, 11) is -3.02. The van der Waals surface area contributed by atoms with Gasteiger partial charge >= 0.3 is 0 Å². The molecule has 0 amide bonds. The number of nitrogens with two attached hydrogens (primary N) is 1. The third kappa shape index (κ3) is 3.49. The SMILES string of the molecule is CS(=O)(=O)CCCn1cnc(Cl)c(N)c1=O. The van der Waals surface area contributed by atoms with E-state index in [9.17, 15) is 13.2 Å². The Morgan fingerprint density at radius 1 is 1.56 bits per heavy atom. The lowest BCUT2D eigenvalue weighted by atomic mass is 10.4. The highest BCUT2D eigenvalue weighted by atomic mass is 35.5. The lowest BCUT2D eigenvalue weighted by Gasteiger charge is -2.05. The van der Waals surface area contributed by atoms with Crippen LogP contribution in [0.2, 0.25) is 5.15 Å². The first-order valence-corrected chi connectivity index (χ1v) is 6.93. The van der Waals surface area contributed by atoms with Crippen LogP contribution in [0.25, 0.3) is 0 Å². The van der Waals surface area contributed by atoms with Gasteiger partial charge in [-0.25, -0.2) is 13.4 Å². The topological polar surface area (TPSA) is 95.1 Å². The Bertz CT molecular complexity index is 538. The summed E-state index contributed by atoms with van der Waals surface area (Å²) >= 11 is 5.55. The fourth-order valence-corrected chi connectivity index (χ4v) is 1.92. The molecule has 0 bridgehead atoms. The average Bonchev–Trinajstić information content (AvgIpc) is 2.16. The first-order valence-electron chi connectivity index (χ1n) is 4.49. The van der Waals surface area contributed by atoms with Gasteiger partial charge in [-0.1, -0.05) is 11.6 Å². The highest BCUT2D eigenvalue weighted by molar-refractivity contribution is 7.90. The molecular formula is C8H12ClN3O3S. The number of nitrogens with zero attached hydrogens (tertiary/aromatic N) is 2. The van der Waals surface area contributed by atoms with Gasteiger partial charge in [-0.2, -0.15) is 0 Å². The summed E-state index contributed by atoms with van der Waals surface area (Å²) in [4.78, 5) is 15.2. The maximum Gasteiger partial charge on any atom is 0.278 e. The van der Waals surface area contributed by atoms with Crippen molar-refractivity contribution in [3.8, 4) is 0 Å². The van der Waals surface area contributed by atoms with Crippen molar-refractivity contribution in [3.05, 3.63) is 21.8 Å². The number of aromatic nitrogens is 2. The molecular weight excluding hydrogens is 254 g/mol. The quantitative estimate of drug-likeness (QED) is 0.768. The summed E-state index contributed by atoms with van der Waals surface area (Å²) in [5.74, 6) is 0.0158. The van der Waals surface area contributed by atoms with Crippen LogP contribution in [0.4, 0.5) is 5.69 Å². The predicted molar refractivity (Wildman–Crippen MR) is 62.2 cm³/mol. The van der Waals surface area contributed by atoms with Gasteiger partial charge in [0.2, 0.25) is 0 Å². The number of sulfone groups is 1. The number of nitrogen functional groups attached to an aromatic ring is 1. The smallest absolute Gasteiger partial charge is 0.278 e. The zero-order valence-corrected chi connectivity index (χ0v) is 10.3. The molecule has 0 aliphatic rings. The Kier molecular flexibility index (Phi) is 3.93. The van der Waals surface area contributed by atoms with Crippen molar-refractivity contribution in [2.75, 3.05) is 17.7 Å². The first-order chi connectivity index (χ1) is 7.31. The third-order valence-electron chi connectivity index (χ3n) is 1.94. The molecule has 1 aromatic heterocycles. The van der Waals surface area contributed by atoms with Gasteiger partial charge in [-0.05, 0) is 6.42 Å². The Hall–Kier alpha value is -1.08. The number of halogens is 1. The van der Waals surface area contributed by atoms with Gasteiger partial charge in [0.25, 0.3) is 5.56 Å². The van der Waals surface area contributed by atoms with Gasteiger partial charge in [-0.15, -0.1) is 0 Å². The molecule has 0 fully saturated rings. The molecule has 1 heterocycles. The van der Waals surface area contributed by atoms with Gasteiger partial charge < -0.3 is 5.73 Å². The van der Waals surface area contributed by atoms with Gasteiger partial charge in [0, 0.05) is 12.8 Å². The second-order valence-corrected chi connectivity index (χ2v) is 6.05. The molecule has 1 aromatic rings. The molecule has 90 valence electrons. The van der Waals surface area contributed by atoms with E-state index in [1.807, 2.05) is 0 Å². The maximum atomic E-state index is 11.5. The monoisotopic (exact) mass is 265 g/mol. The van der Waals surface area contributed by atoms with Gasteiger partial charge in [-0.3, -0.25) is 9.36 Å². The van der Waals surface area contributed by atoms with Crippen LogP contribution in [0, 0.1) is 0 Å². The van der Waals surface area contributed by atoms with Gasteiger partial charge in [0.1, 0.15) is 15.5 Å². The average molecular weight is 266 g/mol. The second-order valence-electron chi connectivity index (χ2n) is 3.43. The van der Waals surface area contributed by atoms with Crippen molar-refractivity contribution >= 4 is 27.1 Å². The molecule has 1 rings (SSSR count). The van der Waals surface area contributed by atoms with Crippen LogP contribution in [0.15, 0.2) is 11.1 Å². The van der Waals surface area contributed by atoms with E-state index < -0.39 is 15.4 Å². The number of aryl methyl sites for hydroxylation is 1. The van der Waals surface area contributed by atoms with Crippen LogP contribution in [-0.4, -0.2) is 30.0 Å². The highest BCUT2D eigenvalue weighted by Crippen LogP contribution is 2.08.